The molecule has 1 atom stereocenters. The van der Waals surface area contributed by atoms with Crippen molar-refractivity contribution in [3.8, 4) is 0 Å². The van der Waals surface area contributed by atoms with Gasteiger partial charge in [0.25, 0.3) is 0 Å². The van der Waals surface area contributed by atoms with Crippen LogP contribution < -0.4 is 0 Å². The third kappa shape index (κ3) is 5.94. The molecule has 0 unspecified atom stereocenters. The van der Waals surface area contributed by atoms with Crippen LogP contribution in [0.4, 0.5) is 0 Å². The predicted molar refractivity (Wildman–Crippen MR) is 66.2 cm³/mol. The van der Waals surface area contributed by atoms with E-state index in [2.05, 4.69) is 19.1 Å². The molecule has 1 heterocycles. The lowest BCUT2D eigenvalue weighted by atomic mass is 10.1. The van der Waals surface area contributed by atoms with Crippen molar-refractivity contribution < 1.29 is 9.53 Å². The van der Waals surface area contributed by atoms with Crippen molar-refractivity contribution in [1.82, 2.24) is 0 Å². The topological polar surface area (TPSA) is 26.3 Å². The zero-order valence-corrected chi connectivity index (χ0v) is 10.4. The molecular formula is C14H24O2. The van der Waals surface area contributed by atoms with Crippen molar-refractivity contribution in [2.75, 3.05) is 0 Å². The number of rotatable bonds is 8. The molecular weight excluding hydrogens is 200 g/mol. The van der Waals surface area contributed by atoms with Crippen LogP contribution in [0.25, 0.3) is 0 Å². The monoisotopic (exact) mass is 224 g/mol. The van der Waals surface area contributed by atoms with Crippen LogP contribution in [0.2, 0.25) is 0 Å². The second-order valence-electron chi connectivity index (χ2n) is 4.55. The van der Waals surface area contributed by atoms with Gasteiger partial charge >= 0.3 is 5.97 Å². The van der Waals surface area contributed by atoms with E-state index in [9.17, 15) is 4.79 Å². The van der Waals surface area contributed by atoms with E-state index in [0.29, 0.717) is 6.42 Å². The van der Waals surface area contributed by atoms with Crippen LogP contribution in [0.3, 0.4) is 0 Å². The van der Waals surface area contributed by atoms with Crippen LogP contribution in [0.15, 0.2) is 12.2 Å². The van der Waals surface area contributed by atoms with Gasteiger partial charge in [-0.3, -0.25) is 4.79 Å². The van der Waals surface area contributed by atoms with E-state index in [1.54, 1.807) is 0 Å². The quantitative estimate of drug-likeness (QED) is 0.354. The Morgan fingerprint density at radius 1 is 1.25 bits per heavy atom. The van der Waals surface area contributed by atoms with Gasteiger partial charge in [0, 0.05) is 6.42 Å². The Labute approximate surface area is 99.1 Å². The van der Waals surface area contributed by atoms with Gasteiger partial charge in [-0.1, -0.05) is 45.1 Å². The van der Waals surface area contributed by atoms with E-state index in [1.807, 2.05) is 0 Å². The highest BCUT2D eigenvalue weighted by Crippen LogP contribution is 2.15. The second-order valence-corrected chi connectivity index (χ2v) is 4.55. The lowest BCUT2D eigenvalue weighted by Gasteiger charge is -2.01. The van der Waals surface area contributed by atoms with Gasteiger partial charge in [-0.15, -0.1) is 0 Å². The summed E-state index contributed by atoms with van der Waals surface area (Å²) >= 11 is 0. The summed E-state index contributed by atoms with van der Waals surface area (Å²) in [7, 11) is 0. The summed E-state index contributed by atoms with van der Waals surface area (Å²) in [6, 6.07) is 0. The maximum Gasteiger partial charge on any atom is 0.306 e. The summed E-state index contributed by atoms with van der Waals surface area (Å²) in [5, 5.41) is 0. The zero-order chi connectivity index (χ0) is 11.6. The van der Waals surface area contributed by atoms with E-state index in [-0.39, 0.29) is 12.1 Å². The first-order valence-electron chi connectivity index (χ1n) is 6.69. The molecule has 0 aromatic heterocycles. The summed E-state index contributed by atoms with van der Waals surface area (Å²) in [6.07, 6.45) is 14.9. The molecule has 0 N–H and O–H groups in total. The van der Waals surface area contributed by atoms with Crippen LogP contribution in [0, 0.1) is 0 Å². The fourth-order valence-corrected chi connectivity index (χ4v) is 1.97. The number of esters is 1. The molecule has 1 rings (SSSR count). The van der Waals surface area contributed by atoms with Crippen LogP contribution in [0.1, 0.15) is 64.7 Å². The Hall–Kier alpha value is -0.790. The maximum atomic E-state index is 10.8. The van der Waals surface area contributed by atoms with Gasteiger partial charge in [0.05, 0.1) is 0 Å². The molecule has 0 aliphatic carbocycles. The van der Waals surface area contributed by atoms with E-state index >= 15 is 0 Å². The Kier molecular flexibility index (Phi) is 6.95. The van der Waals surface area contributed by atoms with Gasteiger partial charge in [0.15, 0.2) is 0 Å². The van der Waals surface area contributed by atoms with E-state index in [4.69, 9.17) is 4.74 Å². The number of unbranched alkanes of at least 4 members (excludes halogenated alkanes) is 6. The number of carbonyl (C=O) groups excluding carboxylic acids is 1. The van der Waals surface area contributed by atoms with Crippen molar-refractivity contribution >= 4 is 5.97 Å². The number of ether oxygens (including phenoxy) is 1. The molecule has 0 aromatic rings. The molecule has 0 radical (unpaired) electrons. The van der Waals surface area contributed by atoms with Gasteiger partial charge in [0.1, 0.15) is 6.10 Å². The number of hydrogen-bond donors (Lipinski definition) is 0. The van der Waals surface area contributed by atoms with E-state index in [0.717, 1.165) is 12.8 Å². The third-order valence-corrected chi connectivity index (χ3v) is 2.99. The first-order valence-corrected chi connectivity index (χ1v) is 6.69. The average molecular weight is 224 g/mol. The molecule has 92 valence electrons. The lowest BCUT2D eigenvalue weighted by Crippen LogP contribution is -2.01. The summed E-state index contributed by atoms with van der Waals surface area (Å²) in [5.74, 6) is -0.0470. The van der Waals surface area contributed by atoms with Crippen molar-refractivity contribution in [2.45, 2.75) is 70.8 Å². The lowest BCUT2D eigenvalue weighted by molar-refractivity contribution is -0.139. The third-order valence-electron chi connectivity index (χ3n) is 2.99. The first kappa shape index (κ1) is 13.3. The Balaban J connectivity index is 1.90. The van der Waals surface area contributed by atoms with Crippen molar-refractivity contribution in [3.63, 3.8) is 0 Å². The summed E-state index contributed by atoms with van der Waals surface area (Å²) in [5.41, 5.74) is 0. The molecule has 1 aliphatic heterocycles. The largest absolute Gasteiger partial charge is 0.458 e. The molecule has 0 amide bonds. The highest BCUT2D eigenvalue weighted by atomic mass is 16.5. The molecule has 16 heavy (non-hydrogen) atoms. The second kappa shape index (κ2) is 8.37. The minimum absolute atomic E-state index is 0.0470. The van der Waals surface area contributed by atoms with Crippen LogP contribution >= 0.6 is 0 Å². The van der Waals surface area contributed by atoms with E-state index in [1.165, 1.54) is 38.5 Å². The predicted octanol–water partition coefficient (Wildman–Crippen LogP) is 4.00. The fourth-order valence-electron chi connectivity index (χ4n) is 1.97. The van der Waals surface area contributed by atoms with Gasteiger partial charge < -0.3 is 4.74 Å². The molecule has 1 aliphatic rings. The highest BCUT2D eigenvalue weighted by Gasteiger charge is 2.19. The smallest absolute Gasteiger partial charge is 0.306 e. The standard InChI is InChI=1S/C14H24O2/c1-2-3-4-5-6-7-8-9-10-13-11-12-14(15)16-13/h9-10,13H,2-8,11-12H2,1H3/t13-/m1/s1. The molecule has 1 saturated heterocycles. The molecule has 1 fully saturated rings. The molecule has 2 nitrogen and oxygen atoms in total. The SMILES string of the molecule is CCCCCCCCC=C[C@@H]1CCC(=O)O1. The minimum atomic E-state index is -0.0470. The zero-order valence-electron chi connectivity index (χ0n) is 10.4. The number of carbonyl (C=O) groups is 1. The highest BCUT2D eigenvalue weighted by molar-refractivity contribution is 5.71. The van der Waals surface area contributed by atoms with Crippen LogP contribution in [-0.4, -0.2) is 12.1 Å². The molecule has 2 heteroatoms. The molecule has 0 spiro atoms. The fraction of sp³-hybridized carbons (Fsp3) is 0.786. The first-order chi connectivity index (χ1) is 7.83. The Bertz CT molecular complexity index is 221. The number of hydrogen-bond acceptors (Lipinski definition) is 2. The summed E-state index contributed by atoms with van der Waals surface area (Å²) in [4.78, 5) is 10.8. The number of allylic oxidation sites excluding steroid dienone is 1. The van der Waals surface area contributed by atoms with Crippen molar-refractivity contribution in [2.24, 2.45) is 0 Å². The summed E-state index contributed by atoms with van der Waals surface area (Å²) in [6.45, 7) is 2.24. The number of cyclic esters (lactones) is 1. The Morgan fingerprint density at radius 3 is 2.69 bits per heavy atom. The molecule has 0 bridgehead atoms. The average Bonchev–Trinajstić information content (AvgIpc) is 2.68. The van der Waals surface area contributed by atoms with Crippen LogP contribution in [0.5, 0.6) is 0 Å². The van der Waals surface area contributed by atoms with Gasteiger partial charge in [-0.2, -0.15) is 0 Å². The normalized spacial score (nSPS) is 20.6. The molecule has 0 saturated carbocycles. The van der Waals surface area contributed by atoms with Gasteiger partial charge in [0.2, 0.25) is 0 Å². The van der Waals surface area contributed by atoms with Crippen molar-refractivity contribution in [3.05, 3.63) is 12.2 Å². The Morgan fingerprint density at radius 2 is 2.00 bits per heavy atom. The molecule has 0 aromatic carbocycles. The summed E-state index contributed by atoms with van der Waals surface area (Å²) < 4.78 is 5.10. The van der Waals surface area contributed by atoms with Gasteiger partial charge in [-0.05, 0) is 25.3 Å². The van der Waals surface area contributed by atoms with Gasteiger partial charge in [-0.25, -0.2) is 0 Å². The van der Waals surface area contributed by atoms with Crippen molar-refractivity contribution in [1.29, 1.82) is 0 Å². The maximum absolute atomic E-state index is 10.8. The van der Waals surface area contributed by atoms with E-state index < -0.39 is 0 Å². The van der Waals surface area contributed by atoms with Crippen LogP contribution in [-0.2, 0) is 9.53 Å². The minimum Gasteiger partial charge on any atom is -0.458 e.